The highest BCUT2D eigenvalue weighted by atomic mass is 16.5. The summed E-state index contributed by atoms with van der Waals surface area (Å²) in [4.78, 5) is 37.2. The molecule has 2 aromatic carbocycles. The number of allylic oxidation sites excluding steroid dienone is 1. The van der Waals surface area contributed by atoms with Gasteiger partial charge in [-0.2, -0.15) is 0 Å². The first-order valence-corrected chi connectivity index (χ1v) is 9.62. The van der Waals surface area contributed by atoms with E-state index >= 15 is 0 Å². The van der Waals surface area contributed by atoms with E-state index in [0.29, 0.717) is 16.9 Å². The van der Waals surface area contributed by atoms with Crippen molar-refractivity contribution < 1.29 is 33.7 Å². The summed E-state index contributed by atoms with van der Waals surface area (Å²) in [6.07, 6.45) is 1.60. The lowest BCUT2D eigenvalue weighted by Gasteiger charge is -2.22. The second kappa shape index (κ2) is 9.34. The van der Waals surface area contributed by atoms with Gasteiger partial charge < -0.3 is 24.2 Å². The highest BCUT2D eigenvalue weighted by Gasteiger charge is 2.32. The largest absolute Gasteiger partial charge is 0.507 e. The highest BCUT2D eigenvalue weighted by Crippen LogP contribution is 2.40. The van der Waals surface area contributed by atoms with Gasteiger partial charge in [0.1, 0.15) is 23.9 Å². The molecular weight excluding hydrogens is 402 g/mol. The smallest absolute Gasteiger partial charge is 0.302 e. The van der Waals surface area contributed by atoms with Gasteiger partial charge >= 0.3 is 5.97 Å². The number of Topliss-reactive ketones (excluding diaryl/α,β-unsaturated/α-hetero) is 1. The average molecular weight is 425 g/mol. The van der Waals surface area contributed by atoms with Crippen molar-refractivity contribution in [3.8, 4) is 17.2 Å². The number of hydrogen-bond donors (Lipinski definition) is 1. The minimum Gasteiger partial charge on any atom is -0.507 e. The Hall–Kier alpha value is -3.81. The van der Waals surface area contributed by atoms with Crippen LogP contribution in [0.15, 0.2) is 42.2 Å². The van der Waals surface area contributed by atoms with Crippen molar-refractivity contribution in [3.63, 3.8) is 0 Å². The van der Waals surface area contributed by atoms with Crippen molar-refractivity contribution in [3.05, 3.63) is 58.8 Å². The second-order valence-electron chi connectivity index (χ2n) is 6.93. The Balaban J connectivity index is 1.86. The highest BCUT2D eigenvalue weighted by molar-refractivity contribution is 6.15. The standard InChI is InChI=1S/C23H23NO7/c1-14(25)24(10-11-30-15(2)26)13-19-20(27)9-8-18-22(28)21(31-23(18)19)12-16-4-6-17(29-3)7-5-16/h4-9,12,27H,10-11,13H2,1-3H3/b21-12-. The Morgan fingerprint density at radius 1 is 1.13 bits per heavy atom. The number of amides is 1. The minimum atomic E-state index is -0.450. The summed E-state index contributed by atoms with van der Waals surface area (Å²) < 4.78 is 15.8. The van der Waals surface area contributed by atoms with E-state index in [1.807, 2.05) is 0 Å². The Kier molecular flexibility index (Phi) is 6.59. The van der Waals surface area contributed by atoms with Crippen LogP contribution in [0.5, 0.6) is 17.2 Å². The maximum Gasteiger partial charge on any atom is 0.302 e. The first-order valence-electron chi connectivity index (χ1n) is 9.62. The zero-order chi connectivity index (χ0) is 22.5. The van der Waals surface area contributed by atoms with Crippen LogP contribution in [0.3, 0.4) is 0 Å². The van der Waals surface area contributed by atoms with Crippen molar-refractivity contribution in [2.75, 3.05) is 20.3 Å². The number of phenolic OH excluding ortho intramolecular Hbond substituents is 1. The first-order chi connectivity index (χ1) is 14.8. The van der Waals surface area contributed by atoms with Crippen molar-refractivity contribution in [1.82, 2.24) is 4.90 Å². The Morgan fingerprint density at radius 2 is 1.84 bits per heavy atom. The molecule has 0 atom stereocenters. The molecule has 0 aromatic heterocycles. The van der Waals surface area contributed by atoms with E-state index in [1.54, 1.807) is 37.5 Å². The number of nitrogens with zero attached hydrogens (tertiary/aromatic N) is 1. The Morgan fingerprint density at radius 3 is 2.45 bits per heavy atom. The number of ketones is 1. The van der Waals surface area contributed by atoms with Crippen LogP contribution in [0.25, 0.3) is 6.08 Å². The van der Waals surface area contributed by atoms with Crippen LogP contribution in [-0.4, -0.2) is 47.9 Å². The SMILES string of the molecule is COc1ccc(/C=C2\Oc3c(ccc(O)c3CN(CCOC(C)=O)C(C)=O)C2=O)cc1. The van der Waals surface area contributed by atoms with Crippen LogP contribution in [-0.2, 0) is 20.9 Å². The molecule has 1 aliphatic heterocycles. The topological polar surface area (TPSA) is 102 Å². The Labute approximate surface area is 179 Å². The van der Waals surface area contributed by atoms with Crippen LogP contribution < -0.4 is 9.47 Å². The lowest BCUT2D eigenvalue weighted by Crippen LogP contribution is -2.32. The van der Waals surface area contributed by atoms with Gasteiger partial charge in [0.15, 0.2) is 5.76 Å². The molecular formula is C23H23NO7. The van der Waals surface area contributed by atoms with Crippen LogP contribution in [0.4, 0.5) is 0 Å². The summed E-state index contributed by atoms with van der Waals surface area (Å²) in [5, 5.41) is 10.4. The molecule has 1 N–H and O–H groups in total. The molecule has 1 aliphatic rings. The van der Waals surface area contributed by atoms with Gasteiger partial charge in [-0.15, -0.1) is 0 Å². The van der Waals surface area contributed by atoms with Crippen molar-refractivity contribution >= 4 is 23.7 Å². The number of carbonyl (C=O) groups excluding carboxylic acids is 3. The number of aromatic hydroxyl groups is 1. The maximum absolute atomic E-state index is 12.8. The van der Waals surface area contributed by atoms with Crippen LogP contribution in [0.2, 0.25) is 0 Å². The van der Waals surface area contributed by atoms with E-state index in [2.05, 4.69) is 0 Å². The molecule has 162 valence electrons. The Bertz CT molecular complexity index is 1040. The molecule has 0 saturated carbocycles. The molecule has 0 unspecified atom stereocenters. The predicted molar refractivity (Wildman–Crippen MR) is 112 cm³/mol. The number of hydrogen-bond acceptors (Lipinski definition) is 7. The fourth-order valence-electron chi connectivity index (χ4n) is 3.14. The molecule has 0 radical (unpaired) electrons. The van der Waals surface area contributed by atoms with Gasteiger partial charge in [0, 0.05) is 13.8 Å². The molecule has 3 rings (SSSR count). The maximum atomic E-state index is 12.8. The van der Waals surface area contributed by atoms with Crippen molar-refractivity contribution in [2.24, 2.45) is 0 Å². The van der Waals surface area contributed by atoms with Gasteiger partial charge in [0.25, 0.3) is 0 Å². The number of rotatable bonds is 7. The monoisotopic (exact) mass is 425 g/mol. The fraction of sp³-hybridized carbons (Fsp3) is 0.261. The molecule has 0 aliphatic carbocycles. The average Bonchev–Trinajstić information content (AvgIpc) is 3.04. The molecule has 8 heteroatoms. The molecule has 0 saturated heterocycles. The molecule has 0 spiro atoms. The van der Waals surface area contributed by atoms with E-state index in [4.69, 9.17) is 14.2 Å². The number of esters is 1. The second-order valence-corrected chi connectivity index (χ2v) is 6.93. The first kappa shape index (κ1) is 21.9. The summed E-state index contributed by atoms with van der Waals surface area (Å²) in [5.41, 5.74) is 1.35. The molecule has 2 aromatic rings. The zero-order valence-electron chi connectivity index (χ0n) is 17.5. The molecule has 1 heterocycles. The fourth-order valence-corrected chi connectivity index (χ4v) is 3.14. The molecule has 8 nitrogen and oxygen atoms in total. The molecule has 1 amide bonds. The van der Waals surface area contributed by atoms with E-state index in [0.717, 1.165) is 5.56 Å². The number of fused-ring (bicyclic) bond motifs is 1. The van der Waals surface area contributed by atoms with Crippen molar-refractivity contribution in [1.29, 1.82) is 0 Å². The molecule has 31 heavy (non-hydrogen) atoms. The molecule has 0 fully saturated rings. The zero-order valence-corrected chi connectivity index (χ0v) is 17.5. The van der Waals surface area contributed by atoms with Gasteiger partial charge in [-0.05, 0) is 35.9 Å². The van der Waals surface area contributed by atoms with E-state index < -0.39 is 5.97 Å². The summed E-state index contributed by atoms with van der Waals surface area (Å²) >= 11 is 0. The van der Waals surface area contributed by atoms with Gasteiger partial charge in [0.2, 0.25) is 11.7 Å². The van der Waals surface area contributed by atoms with Gasteiger partial charge in [-0.25, -0.2) is 0 Å². The summed E-state index contributed by atoms with van der Waals surface area (Å²) in [6.45, 7) is 2.81. The number of phenols is 1. The molecule has 0 bridgehead atoms. The third-order valence-corrected chi connectivity index (χ3v) is 4.79. The summed E-state index contributed by atoms with van der Waals surface area (Å²) in [6, 6.07) is 10.00. The summed E-state index contributed by atoms with van der Waals surface area (Å²) in [7, 11) is 1.57. The number of ether oxygens (including phenoxy) is 3. The quantitative estimate of drug-likeness (QED) is 0.537. The number of carbonyl (C=O) groups is 3. The lowest BCUT2D eigenvalue weighted by molar-refractivity contribution is -0.143. The van der Waals surface area contributed by atoms with Crippen LogP contribution >= 0.6 is 0 Å². The van der Waals surface area contributed by atoms with Gasteiger partial charge in [0.05, 0.1) is 31.3 Å². The number of benzene rings is 2. The third kappa shape index (κ3) is 5.03. The minimum absolute atomic E-state index is 0.00526. The van der Waals surface area contributed by atoms with Gasteiger partial charge in [-0.3, -0.25) is 14.4 Å². The van der Waals surface area contributed by atoms with Gasteiger partial charge in [-0.1, -0.05) is 12.1 Å². The summed E-state index contributed by atoms with van der Waals surface area (Å²) in [5.74, 6) is -0.131. The predicted octanol–water partition coefficient (Wildman–Crippen LogP) is 2.93. The van der Waals surface area contributed by atoms with E-state index in [9.17, 15) is 19.5 Å². The lowest BCUT2D eigenvalue weighted by atomic mass is 10.0. The van der Waals surface area contributed by atoms with E-state index in [1.165, 1.54) is 30.9 Å². The van der Waals surface area contributed by atoms with Crippen LogP contribution in [0.1, 0.15) is 35.3 Å². The normalized spacial score (nSPS) is 13.5. The third-order valence-electron chi connectivity index (χ3n) is 4.79. The van der Waals surface area contributed by atoms with Crippen LogP contribution in [0, 0.1) is 0 Å². The number of methoxy groups -OCH3 is 1. The van der Waals surface area contributed by atoms with Crippen molar-refractivity contribution in [2.45, 2.75) is 20.4 Å². The van der Waals surface area contributed by atoms with E-state index in [-0.39, 0.29) is 48.6 Å².